The molecule has 1 fully saturated rings. The molecule has 1 saturated heterocycles. The van der Waals surface area contributed by atoms with Crippen LogP contribution in [-0.4, -0.2) is 73.7 Å². The first-order chi connectivity index (χ1) is 17.3. The van der Waals surface area contributed by atoms with Gasteiger partial charge in [0, 0.05) is 37.7 Å². The lowest BCUT2D eigenvalue weighted by atomic mass is 10.0. The zero-order chi connectivity index (χ0) is 25.7. The molecule has 2 amide bonds. The summed E-state index contributed by atoms with van der Waals surface area (Å²) >= 11 is 0. The summed E-state index contributed by atoms with van der Waals surface area (Å²) in [5, 5.41) is 32.2. The number of piperidine rings is 1. The molecule has 0 spiro atoms. The molecular weight excluding hydrogens is 464 g/mol. The molecule has 190 valence electrons. The minimum absolute atomic E-state index is 0.0216. The van der Waals surface area contributed by atoms with Crippen molar-refractivity contribution in [2.45, 2.75) is 38.0 Å². The zero-order valence-electron chi connectivity index (χ0n) is 19.8. The monoisotopic (exact) mass is 494 g/mol. The van der Waals surface area contributed by atoms with Gasteiger partial charge in [0.25, 0.3) is 5.91 Å². The molecule has 3 aromatic rings. The van der Waals surface area contributed by atoms with Crippen molar-refractivity contribution < 1.29 is 29.6 Å². The van der Waals surface area contributed by atoms with Gasteiger partial charge < -0.3 is 30.7 Å². The van der Waals surface area contributed by atoms with E-state index in [0.717, 1.165) is 16.7 Å². The van der Waals surface area contributed by atoms with Gasteiger partial charge in [0.05, 0.1) is 37.4 Å². The highest BCUT2D eigenvalue weighted by atomic mass is 16.5. The van der Waals surface area contributed by atoms with Crippen molar-refractivity contribution in [1.82, 2.24) is 14.7 Å². The number of aliphatic hydroxyl groups excluding tert-OH is 2. The van der Waals surface area contributed by atoms with Gasteiger partial charge in [0.15, 0.2) is 0 Å². The Morgan fingerprint density at radius 2 is 1.83 bits per heavy atom. The van der Waals surface area contributed by atoms with E-state index in [1.807, 2.05) is 6.07 Å². The average Bonchev–Trinajstić information content (AvgIpc) is 3.34. The number of ether oxygens (including phenoxy) is 1. The molecule has 1 aliphatic rings. The molecule has 1 atom stereocenters. The number of hydrogen-bond donors (Lipinski definition) is 4. The number of nitrogens with zero attached hydrogens (tertiary/aromatic N) is 3. The Bertz CT molecular complexity index is 1200. The molecule has 0 radical (unpaired) electrons. The minimum atomic E-state index is -0.913. The Kier molecular flexibility index (Phi) is 7.87. The van der Waals surface area contributed by atoms with Crippen molar-refractivity contribution >= 4 is 11.8 Å². The number of aromatic nitrogens is 2. The molecule has 2 aromatic carbocycles. The summed E-state index contributed by atoms with van der Waals surface area (Å²) < 4.78 is 7.64. The predicted molar refractivity (Wildman–Crippen MR) is 131 cm³/mol. The Balaban J connectivity index is 1.37. The number of primary amides is 1. The van der Waals surface area contributed by atoms with Gasteiger partial charge in [-0.15, -0.1) is 0 Å². The zero-order valence-corrected chi connectivity index (χ0v) is 19.8. The number of rotatable bonds is 9. The summed E-state index contributed by atoms with van der Waals surface area (Å²) in [5.41, 5.74) is 8.18. The summed E-state index contributed by atoms with van der Waals surface area (Å²) in [6, 6.07) is 11.8. The van der Waals surface area contributed by atoms with Gasteiger partial charge in [-0.2, -0.15) is 5.10 Å². The second-order valence-corrected chi connectivity index (χ2v) is 8.90. The van der Waals surface area contributed by atoms with E-state index < -0.39 is 12.0 Å². The molecule has 2 heterocycles. The van der Waals surface area contributed by atoms with Gasteiger partial charge in [-0.25, -0.2) is 0 Å². The second-order valence-electron chi connectivity index (χ2n) is 8.90. The van der Waals surface area contributed by atoms with E-state index in [0.29, 0.717) is 31.7 Å². The van der Waals surface area contributed by atoms with Gasteiger partial charge in [-0.05, 0) is 35.4 Å². The highest BCUT2D eigenvalue weighted by molar-refractivity contribution is 5.97. The third kappa shape index (κ3) is 6.21. The van der Waals surface area contributed by atoms with E-state index in [2.05, 4.69) is 5.10 Å². The maximum absolute atomic E-state index is 12.6. The first kappa shape index (κ1) is 25.2. The number of aromatic hydroxyl groups is 1. The molecule has 4 rings (SSSR count). The third-order valence-corrected chi connectivity index (χ3v) is 6.20. The number of benzene rings is 2. The summed E-state index contributed by atoms with van der Waals surface area (Å²) in [6.07, 6.45) is 3.77. The van der Waals surface area contributed by atoms with Gasteiger partial charge in [-0.1, -0.05) is 18.2 Å². The van der Waals surface area contributed by atoms with E-state index in [9.17, 15) is 19.8 Å². The number of aliphatic hydroxyl groups is 2. The number of nitrogens with two attached hydrogens (primary N) is 1. The summed E-state index contributed by atoms with van der Waals surface area (Å²) in [4.78, 5) is 26.6. The van der Waals surface area contributed by atoms with Crippen LogP contribution in [-0.2, 0) is 17.8 Å². The smallest absolute Gasteiger partial charge is 0.252 e. The lowest BCUT2D eigenvalue weighted by Crippen LogP contribution is -2.42. The van der Waals surface area contributed by atoms with E-state index in [-0.39, 0.29) is 42.9 Å². The highest BCUT2D eigenvalue weighted by Crippen LogP contribution is 2.29. The molecule has 10 heteroatoms. The molecule has 36 heavy (non-hydrogen) atoms. The van der Waals surface area contributed by atoms with Crippen LogP contribution in [0.15, 0.2) is 54.9 Å². The summed E-state index contributed by atoms with van der Waals surface area (Å²) in [6.45, 7) is 0.879. The van der Waals surface area contributed by atoms with Crippen LogP contribution in [0.3, 0.4) is 0 Å². The molecule has 0 saturated carbocycles. The Hall–Kier alpha value is -3.89. The first-order valence-electron chi connectivity index (χ1n) is 11.8. The number of hydrogen-bond acceptors (Lipinski definition) is 7. The Morgan fingerprint density at radius 3 is 2.50 bits per heavy atom. The molecular formula is C26H30N4O6. The van der Waals surface area contributed by atoms with E-state index >= 15 is 0 Å². The topological polar surface area (TPSA) is 151 Å². The molecule has 1 aromatic heterocycles. The molecule has 5 N–H and O–H groups in total. The molecule has 0 unspecified atom stereocenters. The van der Waals surface area contributed by atoms with Gasteiger partial charge in [-0.3, -0.25) is 14.3 Å². The van der Waals surface area contributed by atoms with Crippen molar-refractivity contribution in [1.29, 1.82) is 0 Å². The minimum Gasteiger partial charge on any atom is -0.508 e. The highest BCUT2D eigenvalue weighted by Gasteiger charge is 2.25. The van der Waals surface area contributed by atoms with Crippen LogP contribution in [0.2, 0.25) is 0 Å². The van der Waals surface area contributed by atoms with Crippen LogP contribution in [0.25, 0.3) is 11.1 Å². The van der Waals surface area contributed by atoms with Gasteiger partial charge >= 0.3 is 0 Å². The quantitative estimate of drug-likeness (QED) is 0.350. The Morgan fingerprint density at radius 1 is 1.11 bits per heavy atom. The van der Waals surface area contributed by atoms with Crippen molar-refractivity contribution in [3.63, 3.8) is 0 Å². The number of amides is 2. The van der Waals surface area contributed by atoms with Crippen LogP contribution in [0.4, 0.5) is 0 Å². The molecule has 0 aliphatic carbocycles. The summed E-state index contributed by atoms with van der Waals surface area (Å²) in [5.74, 6) is -0.0338. The van der Waals surface area contributed by atoms with Crippen LogP contribution in [0.5, 0.6) is 11.5 Å². The van der Waals surface area contributed by atoms with Crippen LogP contribution in [0.1, 0.15) is 28.8 Å². The number of phenols is 1. The molecule has 10 nitrogen and oxygen atoms in total. The van der Waals surface area contributed by atoms with Crippen molar-refractivity contribution in [3.8, 4) is 22.6 Å². The first-order valence-corrected chi connectivity index (χ1v) is 11.8. The normalized spacial score (nSPS) is 15.0. The van der Waals surface area contributed by atoms with Crippen molar-refractivity contribution in [2.75, 3.05) is 19.7 Å². The Labute approximate surface area is 208 Å². The van der Waals surface area contributed by atoms with Crippen LogP contribution < -0.4 is 10.5 Å². The number of carbonyl (C=O) groups is 2. The fourth-order valence-corrected chi connectivity index (χ4v) is 4.19. The van der Waals surface area contributed by atoms with Gasteiger partial charge in [0.2, 0.25) is 5.91 Å². The fraction of sp³-hybridized carbons (Fsp3) is 0.346. The van der Waals surface area contributed by atoms with Crippen molar-refractivity contribution in [3.05, 3.63) is 66.0 Å². The predicted octanol–water partition coefficient (Wildman–Crippen LogP) is 1.32. The summed E-state index contributed by atoms with van der Waals surface area (Å²) in [7, 11) is 0. The molecule has 1 aliphatic heterocycles. The van der Waals surface area contributed by atoms with Crippen LogP contribution in [0, 0.1) is 0 Å². The van der Waals surface area contributed by atoms with E-state index in [4.69, 9.17) is 15.6 Å². The number of phenolic OH excluding ortho intramolecular Hbond substituents is 1. The second kappa shape index (κ2) is 11.2. The molecule has 0 bridgehead atoms. The van der Waals surface area contributed by atoms with E-state index in [1.165, 1.54) is 4.68 Å². The van der Waals surface area contributed by atoms with Crippen molar-refractivity contribution in [2.24, 2.45) is 5.73 Å². The number of likely N-dealkylation sites (tertiary alicyclic amines) is 1. The lowest BCUT2D eigenvalue weighted by molar-refractivity contribution is -0.132. The SMILES string of the molecule is NC(=O)c1cc(-c2cnn(C[C@@H](O)CO)c2)ccc1OC1CCN(C(=O)Cc2ccc(O)cc2)CC1. The number of carbonyl (C=O) groups excluding carboxylic acids is 2. The van der Waals surface area contributed by atoms with Gasteiger partial charge in [0.1, 0.15) is 17.6 Å². The maximum Gasteiger partial charge on any atom is 0.252 e. The lowest BCUT2D eigenvalue weighted by Gasteiger charge is -2.32. The third-order valence-electron chi connectivity index (χ3n) is 6.20. The maximum atomic E-state index is 12.6. The average molecular weight is 495 g/mol. The van der Waals surface area contributed by atoms with E-state index in [1.54, 1.807) is 53.7 Å². The van der Waals surface area contributed by atoms with Crippen LogP contribution >= 0.6 is 0 Å². The standard InChI is InChI=1S/C26H30N4O6/c27-26(35)23-12-18(19-13-28-30(14-19)15-21(33)16-31)3-6-24(23)36-22-7-9-29(10-8-22)25(34)11-17-1-4-20(32)5-2-17/h1-6,12-14,21-22,31-33H,7-11,15-16H2,(H2,27,35)/t21-/m1/s1. The largest absolute Gasteiger partial charge is 0.508 e. The fourth-order valence-electron chi connectivity index (χ4n) is 4.19.